The minimum Gasteiger partial charge on any atom is -0.481 e. The van der Waals surface area contributed by atoms with Crippen LogP contribution in [0.5, 0.6) is 0 Å². The van der Waals surface area contributed by atoms with Gasteiger partial charge in [-0.1, -0.05) is 6.42 Å². The first kappa shape index (κ1) is 16.4. The van der Waals surface area contributed by atoms with E-state index in [2.05, 4.69) is 5.32 Å². The third-order valence-electron chi connectivity index (χ3n) is 3.50. The van der Waals surface area contributed by atoms with E-state index in [-0.39, 0.29) is 18.4 Å². The van der Waals surface area contributed by atoms with Gasteiger partial charge in [0.05, 0.1) is 31.8 Å². The molecule has 0 aromatic carbocycles. The van der Waals surface area contributed by atoms with Gasteiger partial charge in [-0.25, -0.2) is 0 Å². The topological polar surface area (TPSA) is 88.0 Å². The van der Waals surface area contributed by atoms with E-state index in [0.717, 1.165) is 19.3 Å². The zero-order chi connectivity index (χ0) is 14.1. The predicted octanol–water partition coefficient (Wildman–Crippen LogP) is 0.101. The van der Waals surface area contributed by atoms with Crippen LogP contribution in [-0.2, 0) is 14.3 Å². The molecule has 1 aliphatic rings. The number of methoxy groups -OCH3 is 1. The highest BCUT2D eigenvalue weighted by Crippen LogP contribution is 2.31. The van der Waals surface area contributed by atoms with Gasteiger partial charge in [0.2, 0.25) is 0 Å². The number of aliphatic hydroxyl groups excluding tert-OH is 1. The highest BCUT2D eigenvalue weighted by Gasteiger charge is 2.32. The minimum absolute atomic E-state index is 0.180. The largest absolute Gasteiger partial charge is 0.481 e. The SMILES string of the molecule is COCCOCC(O)CNCC1CCCC1C(=O)O. The van der Waals surface area contributed by atoms with Crippen LogP contribution in [0.4, 0.5) is 0 Å². The summed E-state index contributed by atoms with van der Waals surface area (Å²) in [7, 11) is 1.60. The van der Waals surface area contributed by atoms with Gasteiger partial charge in [0.15, 0.2) is 0 Å². The van der Waals surface area contributed by atoms with Crippen molar-refractivity contribution in [2.75, 3.05) is 40.0 Å². The number of hydrogen-bond donors (Lipinski definition) is 3. The van der Waals surface area contributed by atoms with Crippen molar-refractivity contribution in [2.45, 2.75) is 25.4 Å². The maximum absolute atomic E-state index is 11.0. The molecule has 1 saturated carbocycles. The Bertz CT molecular complexity index is 261. The number of hydrogen-bond acceptors (Lipinski definition) is 5. The molecule has 112 valence electrons. The second kappa shape index (κ2) is 9.25. The van der Waals surface area contributed by atoms with Crippen LogP contribution in [0.25, 0.3) is 0 Å². The van der Waals surface area contributed by atoms with Gasteiger partial charge < -0.3 is 25.0 Å². The van der Waals surface area contributed by atoms with Crippen molar-refractivity contribution in [3.63, 3.8) is 0 Å². The monoisotopic (exact) mass is 275 g/mol. The molecule has 0 spiro atoms. The maximum atomic E-state index is 11.0. The summed E-state index contributed by atoms with van der Waals surface area (Å²) >= 11 is 0. The zero-order valence-corrected chi connectivity index (χ0v) is 11.5. The first-order valence-corrected chi connectivity index (χ1v) is 6.83. The smallest absolute Gasteiger partial charge is 0.306 e. The summed E-state index contributed by atoms with van der Waals surface area (Å²) in [6.07, 6.45) is 2.13. The van der Waals surface area contributed by atoms with Crippen LogP contribution in [0.2, 0.25) is 0 Å². The second-order valence-corrected chi connectivity index (χ2v) is 5.02. The Balaban J connectivity index is 2.07. The summed E-state index contributed by atoms with van der Waals surface area (Å²) in [5.74, 6) is -0.755. The molecular formula is C13H25NO5. The van der Waals surface area contributed by atoms with Gasteiger partial charge >= 0.3 is 5.97 Å². The van der Waals surface area contributed by atoms with Gasteiger partial charge in [-0.05, 0) is 25.3 Å². The Hall–Kier alpha value is -0.690. The Labute approximate surface area is 114 Å². The molecule has 0 aliphatic heterocycles. The number of nitrogens with one attached hydrogen (secondary N) is 1. The van der Waals surface area contributed by atoms with Gasteiger partial charge in [0, 0.05) is 13.7 Å². The van der Waals surface area contributed by atoms with E-state index in [4.69, 9.17) is 14.6 Å². The summed E-state index contributed by atoms with van der Waals surface area (Å²) in [5.41, 5.74) is 0. The number of carboxylic acid groups (broad SMARTS) is 1. The third-order valence-corrected chi connectivity index (χ3v) is 3.50. The van der Waals surface area contributed by atoms with E-state index in [9.17, 15) is 9.90 Å². The molecule has 6 heteroatoms. The number of aliphatic hydroxyl groups is 1. The van der Waals surface area contributed by atoms with Gasteiger partial charge in [-0.2, -0.15) is 0 Å². The lowest BCUT2D eigenvalue weighted by atomic mass is 9.96. The van der Waals surface area contributed by atoms with Crippen molar-refractivity contribution >= 4 is 5.97 Å². The highest BCUT2D eigenvalue weighted by atomic mass is 16.5. The molecule has 0 amide bonds. The molecule has 3 atom stereocenters. The molecule has 1 rings (SSSR count). The maximum Gasteiger partial charge on any atom is 0.306 e. The zero-order valence-electron chi connectivity index (χ0n) is 11.5. The first-order chi connectivity index (χ1) is 9.15. The lowest BCUT2D eigenvalue weighted by molar-refractivity contribution is -0.142. The van der Waals surface area contributed by atoms with Gasteiger partial charge in [-0.3, -0.25) is 4.79 Å². The van der Waals surface area contributed by atoms with Crippen LogP contribution in [0.3, 0.4) is 0 Å². The van der Waals surface area contributed by atoms with Crippen molar-refractivity contribution < 1.29 is 24.5 Å². The Morgan fingerprint density at radius 3 is 2.89 bits per heavy atom. The fraction of sp³-hybridized carbons (Fsp3) is 0.923. The quantitative estimate of drug-likeness (QED) is 0.490. The van der Waals surface area contributed by atoms with Gasteiger partial charge in [0.1, 0.15) is 0 Å². The number of carbonyl (C=O) groups is 1. The summed E-state index contributed by atoms with van der Waals surface area (Å²) in [4.78, 5) is 11.0. The number of ether oxygens (including phenoxy) is 2. The predicted molar refractivity (Wildman–Crippen MR) is 70.0 cm³/mol. The fourth-order valence-electron chi connectivity index (χ4n) is 2.46. The highest BCUT2D eigenvalue weighted by molar-refractivity contribution is 5.70. The lowest BCUT2D eigenvalue weighted by Crippen LogP contribution is -2.35. The molecular weight excluding hydrogens is 250 g/mol. The van der Waals surface area contributed by atoms with Gasteiger partial charge in [0.25, 0.3) is 0 Å². The molecule has 0 saturated heterocycles. The molecule has 0 aromatic rings. The van der Waals surface area contributed by atoms with Crippen molar-refractivity contribution in [3.8, 4) is 0 Å². The minimum atomic E-state index is -0.701. The summed E-state index contributed by atoms with van der Waals surface area (Å²) in [5, 5.41) is 21.8. The van der Waals surface area contributed by atoms with E-state index >= 15 is 0 Å². The number of rotatable bonds is 10. The number of aliphatic carboxylic acids is 1. The standard InChI is InChI=1S/C13H25NO5/c1-18-5-6-19-9-11(15)8-14-7-10-3-2-4-12(10)13(16)17/h10-12,14-15H,2-9H2,1H3,(H,16,17). The van der Waals surface area contributed by atoms with E-state index in [1.807, 2.05) is 0 Å². The first-order valence-electron chi connectivity index (χ1n) is 6.83. The molecule has 0 aromatic heterocycles. The molecule has 1 fully saturated rings. The summed E-state index contributed by atoms with van der Waals surface area (Å²) in [6.45, 7) is 2.32. The van der Waals surface area contributed by atoms with Crippen molar-refractivity contribution in [1.29, 1.82) is 0 Å². The van der Waals surface area contributed by atoms with Crippen LogP contribution < -0.4 is 5.32 Å². The van der Waals surface area contributed by atoms with Crippen LogP contribution in [0, 0.1) is 11.8 Å². The van der Waals surface area contributed by atoms with Gasteiger partial charge in [-0.15, -0.1) is 0 Å². The van der Waals surface area contributed by atoms with Crippen LogP contribution in [-0.4, -0.2) is 62.3 Å². The Morgan fingerprint density at radius 1 is 1.42 bits per heavy atom. The average molecular weight is 275 g/mol. The lowest BCUT2D eigenvalue weighted by Gasteiger charge is -2.18. The van der Waals surface area contributed by atoms with Crippen LogP contribution in [0.15, 0.2) is 0 Å². The second-order valence-electron chi connectivity index (χ2n) is 5.02. The normalized spacial score (nSPS) is 24.5. The molecule has 3 N–H and O–H groups in total. The number of carboxylic acids is 1. The fourth-order valence-corrected chi connectivity index (χ4v) is 2.46. The molecule has 6 nitrogen and oxygen atoms in total. The Morgan fingerprint density at radius 2 is 2.21 bits per heavy atom. The van der Waals surface area contributed by atoms with E-state index < -0.39 is 12.1 Å². The van der Waals surface area contributed by atoms with E-state index in [1.165, 1.54) is 0 Å². The third kappa shape index (κ3) is 6.33. The average Bonchev–Trinajstić information content (AvgIpc) is 2.83. The van der Waals surface area contributed by atoms with Crippen molar-refractivity contribution in [1.82, 2.24) is 5.32 Å². The molecule has 0 radical (unpaired) electrons. The van der Waals surface area contributed by atoms with E-state index in [0.29, 0.717) is 26.3 Å². The van der Waals surface area contributed by atoms with Crippen LogP contribution >= 0.6 is 0 Å². The molecule has 0 heterocycles. The molecule has 3 unspecified atom stereocenters. The summed E-state index contributed by atoms with van der Waals surface area (Å²) < 4.78 is 10.0. The Kier molecular flexibility index (Phi) is 7.97. The van der Waals surface area contributed by atoms with Crippen molar-refractivity contribution in [3.05, 3.63) is 0 Å². The summed E-state index contributed by atoms with van der Waals surface area (Å²) in [6, 6.07) is 0. The van der Waals surface area contributed by atoms with Crippen molar-refractivity contribution in [2.24, 2.45) is 11.8 Å². The van der Waals surface area contributed by atoms with Crippen LogP contribution in [0.1, 0.15) is 19.3 Å². The van der Waals surface area contributed by atoms with E-state index in [1.54, 1.807) is 7.11 Å². The molecule has 0 bridgehead atoms. The molecule has 19 heavy (non-hydrogen) atoms. The molecule has 1 aliphatic carbocycles.